The zero-order valence-electron chi connectivity index (χ0n) is 17.7. The van der Waals surface area contributed by atoms with Crippen molar-refractivity contribution >= 4 is 11.5 Å². The molecule has 2 N–H and O–H groups in total. The van der Waals surface area contributed by atoms with Crippen molar-refractivity contribution in [2.45, 2.75) is 20.1 Å². The summed E-state index contributed by atoms with van der Waals surface area (Å²) in [6, 6.07) is 9.00. The molecule has 0 aliphatic carbocycles. The summed E-state index contributed by atoms with van der Waals surface area (Å²) in [6.45, 7) is 2.90. The van der Waals surface area contributed by atoms with Gasteiger partial charge < -0.3 is 24.5 Å². The Labute approximate surface area is 183 Å². The third-order valence-electron chi connectivity index (χ3n) is 5.06. The number of ketones is 1. The lowest BCUT2D eigenvalue weighted by atomic mass is 10.0. The summed E-state index contributed by atoms with van der Waals surface area (Å²) in [6.07, 6.45) is 0. The largest absolute Gasteiger partial charge is 0.480 e. The molecule has 0 spiro atoms. The van der Waals surface area contributed by atoms with Gasteiger partial charge >= 0.3 is 0 Å². The second kappa shape index (κ2) is 9.15. The molecule has 0 unspecified atom stereocenters. The number of aromatic nitrogens is 4. The Hall–Kier alpha value is -3.79. The number of fused-ring (bicyclic) bond motifs is 1. The molecule has 1 aromatic carbocycles. The fourth-order valence-electron chi connectivity index (χ4n) is 3.34. The van der Waals surface area contributed by atoms with Crippen molar-refractivity contribution in [2.75, 3.05) is 20.3 Å². The topological polar surface area (TPSA) is 114 Å². The van der Waals surface area contributed by atoms with Crippen molar-refractivity contribution in [3.63, 3.8) is 0 Å². The molecule has 1 aliphatic rings. The Bertz CT molecular complexity index is 1170. The number of Topliss-reactive ketones (excluding diaryl/α,β-unsaturated/α-hetero) is 1. The van der Waals surface area contributed by atoms with Crippen LogP contribution in [0.5, 0.6) is 11.8 Å². The predicted molar refractivity (Wildman–Crippen MR) is 113 cm³/mol. The van der Waals surface area contributed by atoms with Crippen molar-refractivity contribution in [2.24, 2.45) is 5.73 Å². The van der Waals surface area contributed by atoms with E-state index in [0.29, 0.717) is 42.6 Å². The Kier molecular flexibility index (Phi) is 6.13. The van der Waals surface area contributed by atoms with Gasteiger partial charge in [-0.3, -0.25) is 4.79 Å². The first kappa shape index (κ1) is 21.4. The molecule has 0 saturated heterocycles. The highest BCUT2D eigenvalue weighted by Crippen LogP contribution is 2.30. The van der Waals surface area contributed by atoms with Gasteiger partial charge in [0, 0.05) is 18.3 Å². The molecule has 0 fully saturated rings. The van der Waals surface area contributed by atoms with Crippen molar-refractivity contribution < 1.29 is 23.4 Å². The molecule has 3 aromatic rings. The number of carbonyl (C=O) groups is 1. The molecule has 0 amide bonds. The van der Waals surface area contributed by atoms with Gasteiger partial charge in [0.05, 0.1) is 24.9 Å². The highest BCUT2D eigenvalue weighted by Gasteiger charge is 2.21. The highest BCUT2D eigenvalue weighted by atomic mass is 19.1. The molecule has 0 radical (unpaired) electrons. The highest BCUT2D eigenvalue weighted by molar-refractivity contribution is 6.00. The number of carbonyl (C=O) groups excluding carboxylic acids is 1. The lowest BCUT2D eigenvalue weighted by Crippen LogP contribution is -2.17. The van der Waals surface area contributed by atoms with E-state index >= 15 is 0 Å². The van der Waals surface area contributed by atoms with Gasteiger partial charge in [0.15, 0.2) is 17.4 Å². The molecule has 166 valence electrons. The molecule has 4 rings (SSSR count). The molecule has 1 aliphatic heterocycles. The van der Waals surface area contributed by atoms with E-state index in [1.54, 1.807) is 12.1 Å². The van der Waals surface area contributed by atoms with Crippen LogP contribution in [0.3, 0.4) is 0 Å². The number of nitrogens with zero attached hydrogens (tertiary/aromatic N) is 4. The summed E-state index contributed by atoms with van der Waals surface area (Å²) in [5, 5.41) is 8.40. The van der Waals surface area contributed by atoms with E-state index in [4.69, 9.17) is 19.9 Å². The summed E-state index contributed by atoms with van der Waals surface area (Å²) in [5.74, 6) is 1.28. The molecule has 2 aromatic heterocycles. The molecule has 0 bridgehead atoms. The molecule has 10 heteroatoms. The Morgan fingerprint density at radius 2 is 2.00 bits per heavy atom. The average molecular weight is 439 g/mol. The van der Waals surface area contributed by atoms with Crippen LogP contribution < -0.4 is 15.2 Å². The van der Waals surface area contributed by atoms with Crippen molar-refractivity contribution in [3.05, 3.63) is 59.2 Å². The summed E-state index contributed by atoms with van der Waals surface area (Å²) < 4.78 is 31.7. The van der Waals surface area contributed by atoms with Crippen LogP contribution in [0.4, 0.5) is 4.39 Å². The van der Waals surface area contributed by atoms with Gasteiger partial charge in [-0.1, -0.05) is 0 Å². The minimum Gasteiger partial charge on any atom is -0.480 e. The summed E-state index contributed by atoms with van der Waals surface area (Å²) in [5.41, 5.74) is 7.81. The van der Waals surface area contributed by atoms with Gasteiger partial charge in [0.1, 0.15) is 19.0 Å². The fourth-order valence-corrected chi connectivity index (χ4v) is 3.34. The molecule has 32 heavy (non-hydrogen) atoms. The summed E-state index contributed by atoms with van der Waals surface area (Å²) in [7, 11) is 1.50. The van der Waals surface area contributed by atoms with Gasteiger partial charge in [-0.2, -0.15) is 4.98 Å². The maximum absolute atomic E-state index is 13.2. The normalized spacial score (nSPS) is 13.8. The second-order valence-corrected chi connectivity index (χ2v) is 7.09. The minimum atomic E-state index is -0.389. The number of benzene rings is 1. The molecule has 3 heterocycles. The third-order valence-corrected chi connectivity index (χ3v) is 5.06. The van der Waals surface area contributed by atoms with E-state index in [-0.39, 0.29) is 35.4 Å². The number of rotatable bonds is 7. The van der Waals surface area contributed by atoms with Crippen LogP contribution >= 0.6 is 0 Å². The van der Waals surface area contributed by atoms with Crippen LogP contribution in [0.2, 0.25) is 0 Å². The number of methoxy groups -OCH3 is 1. The first-order valence-corrected chi connectivity index (χ1v) is 9.91. The lowest BCUT2D eigenvalue weighted by molar-refractivity contribution is -0.113. The van der Waals surface area contributed by atoms with Gasteiger partial charge in [0.2, 0.25) is 11.8 Å². The van der Waals surface area contributed by atoms with Crippen LogP contribution in [0.1, 0.15) is 18.3 Å². The standard InChI is InChI=1S/C22H22FN5O4/c1-13(29)17(20(24)14-3-5-15(23)6-4-14)11-32-19-8-7-16(22(25-19)30-2)21-27-26-18-12-31-10-9-28(18)21/h3-8H,9-12,24H2,1-2H3/b20-17-. The second-order valence-electron chi connectivity index (χ2n) is 7.09. The van der Waals surface area contributed by atoms with E-state index < -0.39 is 0 Å². The molecule has 0 saturated carbocycles. The number of hydrogen-bond donors (Lipinski definition) is 1. The van der Waals surface area contributed by atoms with Gasteiger partial charge in [-0.15, -0.1) is 10.2 Å². The quantitative estimate of drug-likeness (QED) is 0.558. The summed E-state index contributed by atoms with van der Waals surface area (Å²) >= 11 is 0. The van der Waals surface area contributed by atoms with E-state index in [1.165, 1.54) is 38.3 Å². The lowest BCUT2D eigenvalue weighted by Gasteiger charge is -2.16. The Morgan fingerprint density at radius 1 is 1.22 bits per heavy atom. The van der Waals surface area contributed by atoms with E-state index in [0.717, 1.165) is 5.82 Å². The number of hydrogen-bond acceptors (Lipinski definition) is 8. The number of pyridine rings is 1. The molecular weight excluding hydrogens is 417 g/mol. The van der Waals surface area contributed by atoms with Gasteiger partial charge in [0.25, 0.3) is 0 Å². The maximum atomic E-state index is 13.2. The Morgan fingerprint density at radius 3 is 2.72 bits per heavy atom. The average Bonchev–Trinajstić information content (AvgIpc) is 3.23. The molecular formula is C22H22FN5O4. The van der Waals surface area contributed by atoms with Crippen molar-refractivity contribution in [1.29, 1.82) is 0 Å². The van der Waals surface area contributed by atoms with E-state index in [1.807, 2.05) is 4.57 Å². The van der Waals surface area contributed by atoms with Crippen LogP contribution in [-0.2, 0) is 22.7 Å². The maximum Gasteiger partial charge on any atom is 0.227 e. The SMILES string of the molecule is COc1nc(OC/C(C(C)=O)=C(/N)c2ccc(F)cc2)ccc1-c1nnc2n1CCOC2. The fraction of sp³-hybridized carbons (Fsp3) is 0.273. The van der Waals surface area contributed by atoms with E-state index in [2.05, 4.69) is 15.2 Å². The summed E-state index contributed by atoms with van der Waals surface area (Å²) in [4.78, 5) is 16.5. The zero-order valence-corrected chi connectivity index (χ0v) is 17.7. The zero-order chi connectivity index (χ0) is 22.7. The molecule has 9 nitrogen and oxygen atoms in total. The smallest absolute Gasteiger partial charge is 0.227 e. The van der Waals surface area contributed by atoms with Crippen LogP contribution in [0.25, 0.3) is 17.1 Å². The minimum absolute atomic E-state index is 0.105. The van der Waals surface area contributed by atoms with Gasteiger partial charge in [-0.25, -0.2) is 4.39 Å². The first-order valence-electron chi connectivity index (χ1n) is 9.91. The number of ether oxygens (including phenoxy) is 3. The number of halogens is 1. The number of nitrogens with two attached hydrogens (primary N) is 1. The molecule has 0 atom stereocenters. The monoisotopic (exact) mass is 439 g/mol. The van der Waals surface area contributed by atoms with Crippen LogP contribution in [-0.4, -0.2) is 45.9 Å². The Balaban J connectivity index is 1.58. The van der Waals surface area contributed by atoms with Crippen molar-refractivity contribution in [1.82, 2.24) is 19.7 Å². The third kappa shape index (κ3) is 4.30. The van der Waals surface area contributed by atoms with Crippen LogP contribution in [0, 0.1) is 5.82 Å². The van der Waals surface area contributed by atoms with Gasteiger partial charge in [-0.05, 0) is 42.8 Å². The van der Waals surface area contributed by atoms with Crippen LogP contribution in [0.15, 0.2) is 42.0 Å². The predicted octanol–water partition coefficient (Wildman–Crippen LogP) is 2.36. The van der Waals surface area contributed by atoms with E-state index in [9.17, 15) is 9.18 Å². The van der Waals surface area contributed by atoms with Crippen molar-refractivity contribution in [3.8, 4) is 23.1 Å². The first-order chi connectivity index (χ1) is 15.5.